The summed E-state index contributed by atoms with van der Waals surface area (Å²) in [4.78, 5) is 44.3. The van der Waals surface area contributed by atoms with Crippen molar-refractivity contribution in [3.8, 4) is 5.75 Å². The van der Waals surface area contributed by atoms with E-state index in [2.05, 4.69) is 32.7 Å². The maximum atomic E-state index is 12.3. The lowest BCUT2D eigenvalue weighted by atomic mass is 9.94. The molecular formula is C41H61N5O6. The Morgan fingerprint density at radius 3 is 2.19 bits per heavy atom. The van der Waals surface area contributed by atoms with Crippen LogP contribution in [0.2, 0.25) is 0 Å². The number of carbonyl (C=O) groups is 3. The van der Waals surface area contributed by atoms with Crippen LogP contribution in [0.1, 0.15) is 74.1 Å². The molecule has 3 amide bonds. The number of fused-ring (bicyclic) bond motifs is 1. The Morgan fingerprint density at radius 1 is 0.904 bits per heavy atom. The first kappa shape index (κ1) is 40.7. The molecular weight excluding hydrogens is 658 g/mol. The number of likely N-dealkylation sites (tertiary alicyclic amines) is 1. The Kier molecular flexibility index (Phi) is 16.3. The maximum Gasteiger partial charge on any atom is 0.322 e. The maximum absolute atomic E-state index is 12.3. The van der Waals surface area contributed by atoms with Gasteiger partial charge in [-0.1, -0.05) is 61.7 Å². The van der Waals surface area contributed by atoms with Crippen LogP contribution in [-0.2, 0) is 25.5 Å². The summed E-state index contributed by atoms with van der Waals surface area (Å²) in [5, 5.41) is 12.4. The SMILES string of the molecule is C=COCC(=O)N1CCN(C2CCN(CC(=O)OCC)CC2)CC1.Cc1cc(C)c(O)c(C)c1.O=C1Nc2ccccc2CCN1C1CCCCC1. The van der Waals surface area contributed by atoms with Crippen LogP contribution in [0.25, 0.3) is 0 Å². The fourth-order valence-corrected chi connectivity index (χ4v) is 7.69. The van der Waals surface area contributed by atoms with Crippen molar-refractivity contribution in [3.63, 3.8) is 0 Å². The molecule has 1 saturated carbocycles. The topological polar surface area (TPSA) is 115 Å². The van der Waals surface area contributed by atoms with Gasteiger partial charge < -0.3 is 29.7 Å². The molecule has 0 radical (unpaired) electrons. The van der Waals surface area contributed by atoms with E-state index in [0.29, 0.717) is 31.0 Å². The number of esters is 1. The zero-order chi connectivity index (χ0) is 37.5. The van der Waals surface area contributed by atoms with Gasteiger partial charge in [0.15, 0.2) is 6.61 Å². The predicted octanol–water partition coefficient (Wildman–Crippen LogP) is 6.04. The quantitative estimate of drug-likeness (QED) is 0.251. The second kappa shape index (κ2) is 20.8. The number of anilines is 1. The number of hydrogen-bond acceptors (Lipinski definition) is 8. The number of aromatic hydroxyl groups is 1. The van der Waals surface area contributed by atoms with Gasteiger partial charge in [-0.25, -0.2) is 4.79 Å². The summed E-state index contributed by atoms with van der Waals surface area (Å²) in [5.41, 5.74) is 5.35. The fourth-order valence-electron chi connectivity index (χ4n) is 7.69. The summed E-state index contributed by atoms with van der Waals surface area (Å²) >= 11 is 0. The highest BCUT2D eigenvalue weighted by Crippen LogP contribution is 2.27. The molecule has 4 aliphatic rings. The smallest absolute Gasteiger partial charge is 0.322 e. The van der Waals surface area contributed by atoms with Crippen LogP contribution in [0.15, 0.2) is 49.2 Å². The van der Waals surface area contributed by atoms with Crippen LogP contribution < -0.4 is 5.32 Å². The first-order valence-electron chi connectivity index (χ1n) is 19.1. The van der Waals surface area contributed by atoms with Crippen LogP contribution in [0.4, 0.5) is 10.5 Å². The number of ether oxygens (including phenoxy) is 2. The van der Waals surface area contributed by atoms with Gasteiger partial charge in [0.2, 0.25) is 0 Å². The molecule has 2 saturated heterocycles. The summed E-state index contributed by atoms with van der Waals surface area (Å²) in [6.07, 6.45) is 10.6. The second-order valence-corrected chi connectivity index (χ2v) is 14.3. The summed E-state index contributed by atoms with van der Waals surface area (Å²) in [5.74, 6) is 0.314. The van der Waals surface area contributed by atoms with Crippen LogP contribution in [0.5, 0.6) is 5.75 Å². The van der Waals surface area contributed by atoms with Gasteiger partial charge in [-0.05, 0) is 82.6 Å². The largest absolute Gasteiger partial charge is 0.507 e. The molecule has 6 rings (SSSR count). The molecule has 3 aliphatic heterocycles. The van der Waals surface area contributed by atoms with Gasteiger partial charge in [0.05, 0.1) is 19.4 Å². The van der Waals surface area contributed by atoms with Crippen molar-refractivity contribution in [2.24, 2.45) is 0 Å². The van der Waals surface area contributed by atoms with Crippen molar-refractivity contribution in [3.05, 3.63) is 71.5 Å². The van der Waals surface area contributed by atoms with E-state index < -0.39 is 0 Å². The van der Waals surface area contributed by atoms with Crippen molar-refractivity contribution >= 4 is 23.6 Å². The third-order valence-electron chi connectivity index (χ3n) is 10.5. The van der Waals surface area contributed by atoms with E-state index in [1.165, 1.54) is 49.5 Å². The lowest BCUT2D eigenvalue weighted by Gasteiger charge is -2.42. The van der Waals surface area contributed by atoms with Gasteiger partial charge in [0.25, 0.3) is 5.91 Å². The molecule has 286 valence electrons. The Labute approximate surface area is 310 Å². The molecule has 0 aromatic heterocycles. The number of piperidine rings is 1. The van der Waals surface area contributed by atoms with Gasteiger partial charge in [-0.3, -0.25) is 19.4 Å². The van der Waals surface area contributed by atoms with Gasteiger partial charge in [-0.2, -0.15) is 0 Å². The molecule has 2 aromatic rings. The highest BCUT2D eigenvalue weighted by Gasteiger charge is 2.30. The first-order chi connectivity index (χ1) is 25.1. The van der Waals surface area contributed by atoms with Crippen LogP contribution in [-0.4, -0.2) is 120 Å². The normalized spacial score (nSPS) is 18.7. The van der Waals surface area contributed by atoms with E-state index in [0.717, 1.165) is 81.9 Å². The molecule has 11 nitrogen and oxygen atoms in total. The van der Waals surface area contributed by atoms with Crippen molar-refractivity contribution in [1.82, 2.24) is 19.6 Å². The summed E-state index contributed by atoms with van der Waals surface area (Å²) < 4.78 is 9.97. The third-order valence-corrected chi connectivity index (χ3v) is 10.5. The van der Waals surface area contributed by atoms with Crippen molar-refractivity contribution in [2.45, 2.75) is 91.1 Å². The van der Waals surface area contributed by atoms with E-state index in [9.17, 15) is 19.5 Å². The average molecular weight is 720 g/mol. The lowest BCUT2D eigenvalue weighted by Crippen LogP contribution is -2.55. The van der Waals surface area contributed by atoms with E-state index in [-0.39, 0.29) is 24.5 Å². The van der Waals surface area contributed by atoms with E-state index in [4.69, 9.17) is 9.47 Å². The number of para-hydroxylation sites is 1. The molecule has 2 N–H and O–H groups in total. The number of amides is 3. The van der Waals surface area contributed by atoms with Crippen molar-refractivity contribution < 1.29 is 29.0 Å². The van der Waals surface area contributed by atoms with E-state index >= 15 is 0 Å². The minimum atomic E-state index is -0.134. The number of benzene rings is 2. The van der Waals surface area contributed by atoms with Crippen LogP contribution in [0.3, 0.4) is 0 Å². The van der Waals surface area contributed by atoms with Crippen LogP contribution >= 0.6 is 0 Å². The number of carbonyl (C=O) groups excluding carboxylic acids is 3. The molecule has 0 bridgehead atoms. The minimum Gasteiger partial charge on any atom is -0.507 e. The minimum absolute atomic E-state index is 0.0267. The number of piperazine rings is 1. The van der Waals surface area contributed by atoms with Crippen LogP contribution in [0, 0.1) is 20.8 Å². The molecule has 3 heterocycles. The molecule has 11 heteroatoms. The second-order valence-electron chi connectivity index (χ2n) is 14.3. The first-order valence-corrected chi connectivity index (χ1v) is 19.1. The number of nitrogens with one attached hydrogen (secondary N) is 1. The predicted molar refractivity (Wildman–Crippen MR) is 205 cm³/mol. The number of urea groups is 1. The van der Waals surface area contributed by atoms with Crippen molar-refractivity contribution in [1.29, 1.82) is 0 Å². The van der Waals surface area contributed by atoms with Gasteiger partial charge in [0, 0.05) is 63.6 Å². The van der Waals surface area contributed by atoms with Gasteiger partial charge >= 0.3 is 12.0 Å². The Balaban J connectivity index is 0.000000189. The fraction of sp³-hybridized carbons (Fsp3) is 0.585. The number of phenolic OH excluding ortho intramolecular Hbond substituents is 1. The highest BCUT2D eigenvalue weighted by molar-refractivity contribution is 5.91. The van der Waals surface area contributed by atoms with Crippen molar-refractivity contribution in [2.75, 3.05) is 70.9 Å². The standard InChI is InChI=1S/C17H29N3O4.C15H20N2O.C9H12O/c1-3-23-14-16(21)20-11-9-19(10-12-20)15-5-7-18(8-6-15)13-17(22)24-4-2;18-15-16-14-9-5-4-6-12(14)10-11-17(15)13-7-2-1-3-8-13;1-6-4-7(2)9(10)8(3)5-6/h3,15H,1,4-14H2,2H3;4-6,9,13H,1-3,7-8,10-11H2,(H,16,18);4-5,10H,1-3H3. The van der Waals surface area contributed by atoms with Gasteiger partial charge in [-0.15, -0.1) is 0 Å². The summed E-state index contributed by atoms with van der Waals surface area (Å²) in [6, 6.07) is 13.2. The number of rotatable bonds is 8. The average Bonchev–Trinajstić information content (AvgIpc) is 3.32. The number of aryl methyl sites for hydroxylation is 3. The molecule has 52 heavy (non-hydrogen) atoms. The number of nitrogens with zero attached hydrogens (tertiary/aromatic N) is 4. The Bertz CT molecular complexity index is 1440. The molecule has 2 aromatic carbocycles. The summed E-state index contributed by atoms with van der Waals surface area (Å²) in [7, 11) is 0. The molecule has 1 aliphatic carbocycles. The zero-order valence-corrected chi connectivity index (χ0v) is 31.9. The summed E-state index contributed by atoms with van der Waals surface area (Å²) in [6.45, 7) is 18.1. The lowest BCUT2D eigenvalue weighted by molar-refractivity contribution is -0.144. The van der Waals surface area contributed by atoms with E-state index in [1.54, 1.807) is 0 Å². The number of hydrogen-bond donors (Lipinski definition) is 2. The zero-order valence-electron chi connectivity index (χ0n) is 31.9. The molecule has 0 spiro atoms. The number of phenols is 1. The molecule has 0 unspecified atom stereocenters. The highest BCUT2D eigenvalue weighted by atomic mass is 16.5. The van der Waals surface area contributed by atoms with Gasteiger partial charge in [0.1, 0.15) is 5.75 Å². The Hall–Kier alpha value is -4.09. The third kappa shape index (κ3) is 12.3. The van der Waals surface area contributed by atoms with E-state index in [1.807, 2.05) is 62.9 Å². The molecule has 3 fully saturated rings. The monoisotopic (exact) mass is 719 g/mol. The molecule has 0 atom stereocenters. The Morgan fingerprint density at radius 2 is 1.56 bits per heavy atom.